The first-order valence-electron chi connectivity index (χ1n) is 7.59. The topological polar surface area (TPSA) is 63.1 Å². The zero-order valence-corrected chi connectivity index (χ0v) is 13.2. The Morgan fingerprint density at radius 1 is 1.36 bits per heavy atom. The molecule has 1 atom stereocenters. The molecule has 2 heterocycles. The van der Waals surface area contributed by atoms with E-state index in [0.29, 0.717) is 11.2 Å². The van der Waals surface area contributed by atoms with Gasteiger partial charge in [0.05, 0.1) is 5.69 Å². The van der Waals surface area contributed by atoms with E-state index in [-0.39, 0.29) is 24.8 Å². The fourth-order valence-corrected chi connectivity index (χ4v) is 2.74. The Kier molecular flexibility index (Phi) is 4.46. The van der Waals surface area contributed by atoms with E-state index in [1.54, 1.807) is 0 Å². The van der Waals surface area contributed by atoms with Crippen molar-refractivity contribution in [2.24, 2.45) is 0 Å². The largest absolute Gasteiger partial charge is 0.435 e. The number of carbonyl (C=O) groups is 1. The Morgan fingerprint density at radius 3 is 2.76 bits per heavy atom. The number of hydrogen-bond donors (Lipinski definition) is 1. The number of nitrogens with zero attached hydrogens (tertiary/aromatic N) is 4. The lowest BCUT2D eigenvalue weighted by Crippen LogP contribution is -2.51. The van der Waals surface area contributed by atoms with Crippen molar-refractivity contribution in [3.63, 3.8) is 0 Å². The summed E-state index contributed by atoms with van der Waals surface area (Å²) in [5.74, 6) is -1.56. The summed E-state index contributed by atoms with van der Waals surface area (Å²) >= 11 is 0. The molecule has 1 saturated heterocycles. The maximum absolute atomic E-state index is 13.6. The molecule has 3 rings (SSSR count). The lowest BCUT2D eigenvalue weighted by atomic mass is 10.2. The zero-order chi connectivity index (χ0) is 18.2. The van der Waals surface area contributed by atoms with Crippen molar-refractivity contribution in [2.75, 3.05) is 19.6 Å². The van der Waals surface area contributed by atoms with Crippen LogP contribution in [0.25, 0.3) is 5.69 Å². The SMILES string of the molecule is C[C@H]1CN(C(=O)c2nnn(-c3cccc(F)c3)c2C(F)(F)F)CCN1. The summed E-state index contributed by atoms with van der Waals surface area (Å²) in [7, 11) is 0. The zero-order valence-electron chi connectivity index (χ0n) is 13.2. The summed E-state index contributed by atoms with van der Waals surface area (Å²) in [6, 6.07) is 4.47. The van der Waals surface area contributed by atoms with E-state index in [9.17, 15) is 22.4 Å². The Balaban J connectivity index is 2.04. The minimum atomic E-state index is -4.87. The summed E-state index contributed by atoms with van der Waals surface area (Å²) in [5, 5.41) is 9.99. The molecule has 6 nitrogen and oxygen atoms in total. The van der Waals surface area contributed by atoms with Gasteiger partial charge in [-0.25, -0.2) is 9.07 Å². The number of hydrogen-bond acceptors (Lipinski definition) is 4. The van der Waals surface area contributed by atoms with Crippen LogP contribution >= 0.6 is 0 Å². The number of alkyl halides is 3. The highest BCUT2D eigenvalue weighted by Crippen LogP contribution is 2.33. The lowest BCUT2D eigenvalue weighted by molar-refractivity contribution is -0.143. The van der Waals surface area contributed by atoms with Crippen LogP contribution in [-0.4, -0.2) is 51.5 Å². The molecule has 1 N–H and O–H groups in total. The molecule has 0 radical (unpaired) electrons. The van der Waals surface area contributed by atoms with Gasteiger partial charge in [-0.15, -0.1) is 5.10 Å². The summed E-state index contributed by atoms with van der Waals surface area (Å²) in [6.45, 7) is 2.84. The smallest absolute Gasteiger partial charge is 0.334 e. The summed E-state index contributed by atoms with van der Waals surface area (Å²) in [4.78, 5) is 13.8. The highest BCUT2D eigenvalue weighted by atomic mass is 19.4. The fourth-order valence-electron chi connectivity index (χ4n) is 2.74. The second kappa shape index (κ2) is 6.43. The molecule has 0 bridgehead atoms. The van der Waals surface area contributed by atoms with E-state index in [1.165, 1.54) is 17.0 Å². The maximum atomic E-state index is 13.6. The molecule has 1 fully saturated rings. The average molecular weight is 357 g/mol. The third-order valence-electron chi connectivity index (χ3n) is 3.85. The number of benzene rings is 1. The molecule has 0 saturated carbocycles. The molecule has 0 unspecified atom stereocenters. The van der Waals surface area contributed by atoms with E-state index in [4.69, 9.17) is 0 Å². The molecule has 134 valence electrons. The number of rotatable bonds is 2. The van der Waals surface area contributed by atoms with Crippen LogP contribution in [0.5, 0.6) is 0 Å². The van der Waals surface area contributed by atoms with Crippen LogP contribution in [0.4, 0.5) is 17.6 Å². The van der Waals surface area contributed by atoms with Gasteiger partial charge in [0.1, 0.15) is 5.82 Å². The van der Waals surface area contributed by atoms with Gasteiger partial charge >= 0.3 is 6.18 Å². The molecule has 10 heteroatoms. The Morgan fingerprint density at radius 2 is 2.12 bits per heavy atom. The molecule has 0 spiro atoms. The van der Waals surface area contributed by atoms with Gasteiger partial charge in [0, 0.05) is 25.7 Å². The first-order chi connectivity index (χ1) is 11.8. The molecular weight excluding hydrogens is 342 g/mol. The van der Waals surface area contributed by atoms with Gasteiger partial charge in [0.2, 0.25) is 0 Å². The normalized spacial score (nSPS) is 18.4. The highest BCUT2D eigenvalue weighted by Gasteiger charge is 2.43. The molecule has 1 aliphatic rings. The number of piperazine rings is 1. The minimum absolute atomic E-state index is 0.0368. The number of amides is 1. The lowest BCUT2D eigenvalue weighted by Gasteiger charge is -2.31. The van der Waals surface area contributed by atoms with Gasteiger partial charge < -0.3 is 10.2 Å². The monoisotopic (exact) mass is 357 g/mol. The van der Waals surface area contributed by atoms with E-state index in [0.717, 1.165) is 12.1 Å². The molecule has 0 aliphatic carbocycles. The van der Waals surface area contributed by atoms with Crippen LogP contribution < -0.4 is 5.32 Å². The molecule has 25 heavy (non-hydrogen) atoms. The van der Waals surface area contributed by atoms with Crippen LogP contribution in [0.15, 0.2) is 24.3 Å². The standard InChI is InChI=1S/C15H15F4N5O/c1-9-8-23(6-5-20-9)14(25)12-13(15(17,18)19)24(22-21-12)11-4-2-3-10(16)7-11/h2-4,7,9,20H,5-6,8H2,1H3/t9-/m0/s1. The van der Waals surface area contributed by atoms with Crippen molar-refractivity contribution in [3.8, 4) is 5.69 Å². The van der Waals surface area contributed by atoms with Gasteiger partial charge in [0.25, 0.3) is 5.91 Å². The van der Waals surface area contributed by atoms with E-state index in [2.05, 4.69) is 15.6 Å². The van der Waals surface area contributed by atoms with Crippen molar-refractivity contribution in [1.29, 1.82) is 0 Å². The summed E-state index contributed by atoms with van der Waals surface area (Å²) < 4.78 is 54.5. The van der Waals surface area contributed by atoms with Crippen molar-refractivity contribution >= 4 is 5.91 Å². The van der Waals surface area contributed by atoms with Crippen molar-refractivity contribution in [3.05, 3.63) is 41.5 Å². The maximum Gasteiger partial charge on any atom is 0.435 e. The van der Waals surface area contributed by atoms with Gasteiger partial charge in [-0.3, -0.25) is 4.79 Å². The van der Waals surface area contributed by atoms with Gasteiger partial charge in [-0.2, -0.15) is 13.2 Å². The number of nitrogens with one attached hydrogen (secondary N) is 1. The van der Waals surface area contributed by atoms with Crippen LogP contribution in [0.2, 0.25) is 0 Å². The Bertz CT molecular complexity index is 788. The molecular formula is C15H15F4N5O. The van der Waals surface area contributed by atoms with Crippen molar-refractivity contribution in [2.45, 2.75) is 19.1 Å². The van der Waals surface area contributed by atoms with E-state index in [1.807, 2.05) is 6.92 Å². The second-order valence-electron chi connectivity index (χ2n) is 5.78. The van der Waals surface area contributed by atoms with Crippen LogP contribution in [-0.2, 0) is 6.18 Å². The van der Waals surface area contributed by atoms with Gasteiger partial charge in [-0.1, -0.05) is 11.3 Å². The van der Waals surface area contributed by atoms with Crippen LogP contribution in [0.3, 0.4) is 0 Å². The first-order valence-corrected chi connectivity index (χ1v) is 7.59. The van der Waals surface area contributed by atoms with Gasteiger partial charge in [0.15, 0.2) is 11.4 Å². The fraction of sp³-hybridized carbons (Fsp3) is 0.400. The molecule has 2 aromatic rings. The molecule has 1 aromatic heterocycles. The number of aromatic nitrogens is 3. The summed E-state index contributed by atoms with van der Waals surface area (Å²) in [5.41, 5.74) is -2.26. The first kappa shape index (κ1) is 17.3. The van der Waals surface area contributed by atoms with E-state index < -0.39 is 29.3 Å². The van der Waals surface area contributed by atoms with Gasteiger partial charge in [-0.05, 0) is 25.1 Å². The molecule has 1 aliphatic heterocycles. The van der Waals surface area contributed by atoms with E-state index >= 15 is 0 Å². The Hall–Kier alpha value is -2.49. The Labute approximate surface area is 140 Å². The second-order valence-corrected chi connectivity index (χ2v) is 5.78. The predicted octanol–water partition coefficient (Wildman–Crippen LogP) is 1.86. The minimum Gasteiger partial charge on any atom is -0.334 e. The average Bonchev–Trinajstić information content (AvgIpc) is 2.99. The summed E-state index contributed by atoms with van der Waals surface area (Å²) in [6.07, 6.45) is -4.87. The van der Waals surface area contributed by atoms with Crippen molar-refractivity contribution < 1.29 is 22.4 Å². The quantitative estimate of drug-likeness (QED) is 0.834. The molecule has 1 aromatic carbocycles. The van der Waals surface area contributed by atoms with Crippen LogP contribution in [0.1, 0.15) is 23.1 Å². The third-order valence-corrected chi connectivity index (χ3v) is 3.85. The van der Waals surface area contributed by atoms with Crippen LogP contribution in [0, 0.1) is 5.82 Å². The number of halogens is 4. The predicted molar refractivity (Wildman–Crippen MR) is 79.7 cm³/mol. The highest BCUT2D eigenvalue weighted by molar-refractivity contribution is 5.93. The van der Waals surface area contributed by atoms with Crippen molar-refractivity contribution in [1.82, 2.24) is 25.2 Å². The number of carbonyl (C=O) groups excluding carboxylic acids is 1. The third kappa shape index (κ3) is 3.48. The molecule has 1 amide bonds.